The number of benzene rings is 2. The molecule has 1 heterocycles. The van der Waals surface area contributed by atoms with Crippen molar-refractivity contribution in [3.05, 3.63) is 59.3 Å². The lowest BCUT2D eigenvalue weighted by Gasteiger charge is -2.21. The van der Waals surface area contributed by atoms with Gasteiger partial charge in [0.2, 0.25) is 0 Å². The van der Waals surface area contributed by atoms with Gasteiger partial charge in [-0.05, 0) is 59.2 Å². The maximum atomic E-state index is 12.5. The van der Waals surface area contributed by atoms with Crippen LogP contribution >= 0.6 is 0 Å². The molecule has 33 heavy (non-hydrogen) atoms. The standard InChI is InChI=1S/C27H36N4O2/c1-17-9-11-19(29-22-13-18(27(5,6)7)10-12-24(22)33-8)14-20(17)21-15-23(31-30-21)25(32)28-16-26(2,3)4/h9-15,29H,16H2,1-8H3,(H,28,32)(H,30,31). The SMILES string of the molecule is COc1ccc(C(C)(C)C)cc1Nc1ccc(C)c(-c2cc(C(=O)NCC(C)(C)C)[nH]n2)c1. The number of nitrogens with zero attached hydrogens (tertiary/aromatic N) is 1. The maximum Gasteiger partial charge on any atom is 0.269 e. The third-order valence-corrected chi connectivity index (χ3v) is 5.46. The number of anilines is 2. The van der Waals surface area contributed by atoms with E-state index in [1.165, 1.54) is 5.56 Å². The van der Waals surface area contributed by atoms with Gasteiger partial charge in [-0.15, -0.1) is 0 Å². The molecule has 0 aliphatic heterocycles. The molecule has 1 amide bonds. The number of aromatic amines is 1. The Morgan fingerprint density at radius 3 is 2.39 bits per heavy atom. The molecule has 3 N–H and O–H groups in total. The van der Waals surface area contributed by atoms with Gasteiger partial charge in [0.15, 0.2) is 0 Å². The van der Waals surface area contributed by atoms with E-state index < -0.39 is 0 Å². The van der Waals surface area contributed by atoms with E-state index in [4.69, 9.17) is 4.74 Å². The van der Waals surface area contributed by atoms with Crippen LogP contribution in [0.5, 0.6) is 5.75 Å². The summed E-state index contributed by atoms with van der Waals surface area (Å²) in [5, 5.41) is 13.7. The van der Waals surface area contributed by atoms with E-state index in [2.05, 4.69) is 74.5 Å². The summed E-state index contributed by atoms with van der Waals surface area (Å²) in [6, 6.07) is 14.1. The Morgan fingerprint density at radius 1 is 1.03 bits per heavy atom. The summed E-state index contributed by atoms with van der Waals surface area (Å²) in [5.74, 6) is 0.627. The lowest BCUT2D eigenvalue weighted by Crippen LogP contribution is -2.32. The number of aryl methyl sites for hydroxylation is 1. The van der Waals surface area contributed by atoms with E-state index in [9.17, 15) is 4.79 Å². The van der Waals surface area contributed by atoms with E-state index in [1.807, 2.05) is 31.2 Å². The molecule has 0 fully saturated rings. The fraction of sp³-hybridized carbons (Fsp3) is 0.407. The summed E-state index contributed by atoms with van der Waals surface area (Å²) in [4.78, 5) is 12.5. The molecule has 1 aromatic heterocycles. The highest BCUT2D eigenvalue weighted by molar-refractivity contribution is 5.93. The maximum absolute atomic E-state index is 12.5. The quantitative estimate of drug-likeness (QED) is 0.419. The van der Waals surface area contributed by atoms with Crippen molar-refractivity contribution < 1.29 is 9.53 Å². The second kappa shape index (κ2) is 9.30. The molecular formula is C27H36N4O2. The van der Waals surface area contributed by atoms with Crippen molar-refractivity contribution in [3.63, 3.8) is 0 Å². The zero-order chi connectivity index (χ0) is 24.4. The number of rotatable bonds is 6. The van der Waals surface area contributed by atoms with Gasteiger partial charge in [0.25, 0.3) is 5.91 Å². The highest BCUT2D eigenvalue weighted by Crippen LogP contribution is 2.34. The van der Waals surface area contributed by atoms with E-state index in [0.717, 1.165) is 33.9 Å². The zero-order valence-corrected chi connectivity index (χ0v) is 21.0. The molecule has 3 aromatic rings. The van der Waals surface area contributed by atoms with Gasteiger partial charge >= 0.3 is 0 Å². The first kappa shape index (κ1) is 24.4. The summed E-state index contributed by atoms with van der Waals surface area (Å²) >= 11 is 0. The number of aromatic nitrogens is 2. The van der Waals surface area contributed by atoms with Gasteiger partial charge in [0.1, 0.15) is 11.4 Å². The molecule has 0 radical (unpaired) electrons. The second-order valence-corrected chi connectivity index (χ2v) is 10.7. The van der Waals surface area contributed by atoms with Gasteiger partial charge in [0.05, 0.1) is 18.5 Å². The van der Waals surface area contributed by atoms with Gasteiger partial charge < -0.3 is 15.4 Å². The second-order valence-electron chi connectivity index (χ2n) is 10.7. The Labute approximate surface area is 197 Å². The van der Waals surface area contributed by atoms with Crippen LogP contribution in [0.15, 0.2) is 42.5 Å². The van der Waals surface area contributed by atoms with Crippen LogP contribution in [0.2, 0.25) is 0 Å². The lowest BCUT2D eigenvalue weighted by atomic mass is 9.87. The van der Waals surface area contributed by atoms with Crippen molar-refractivity contribution in [3.8, 4) is 17.0 Å². The number of H-pyrrole nitrogens is 1. The van der Waals surface area contributed by atoms with E-state index in [0.29, 0.717) is 12.2 Å². The van der Waals surface area contributed by atoms with E-state index in [1.54, 1.807) is 13.2 Å². The van der Waals surface area contributed by atoms with Gasteiger partial charge in [-0.25, -0.2) is 0 Å². The van der Waals surface area contributed by atoms with Crippen molar-refractivity contribution in [1.82, 2.24) is 15.5 Å². The number of methoxy groups -OCH3 is 1. The van der Waals surface area contributed by atoms with Gasteiger partial charge in [0, 0.05) is 17.8 Å². The first-order valence-electron chi connectivity index (χ1n) is 11.3. The summed E-state index contributed by atoms with van der Waals surface area (Å²) in [6.07, 6.45) is 0. The van der Waals surface area contributed by atoms with Crippen molar-refractivity contribution in [2.45, 2.75) is 53.9 Å². The minimum atomic E-state index is -0.153. The molecule has 6 heteroatoms. The minimum absolute atomic E-state index is 0.0143. The summed E-state index contributed by atoms with van der Waals surface area (Å²) in [6.45, 7) is 15.4. The van der Waals surface area contributed by atoms with Crippen LogP contribution in [0.25, 0.3) is 11.3 Å². The van der Waals surface area contributed by atoms with Crippen LogP contribution in [-0.4, -0.2) is 29.8 Å². The van der Waals surface area contributed by atoms with Crippen molar-refractivity contribution in [1.29, 1.82) is 0 Å². The molecule has 0 aliphatic rings. The molecule has 0 saturated carbocycles. The number of carbonyl (C=O) groups excluding carboxylic acids is 1. The molecule has 6 nitrogen and oxygen atoms in total. The molecule has 0 bridgehead atoms. The number of amides is 1. The first-order valence-corrected chi connectivity index (χ1v) is 11.3. The fourth-order valence-electron chi connectivity index (χ4n) is 3.42. The predicted molar refractivity (Wildman–Crippen MR) is 136 cm³/mol. The third-order valence-electron chi connectivity index (χ3n) is 5.46. The normalized spacial score (nSPS) is 11.9. The summed E-state index contributed by atoms with van der Waals surface area (Å²) in [7, 11) is 1.67. The summed E-state index contributed by atoms with van der Waals surface area (Å²) < 4.78 is 5.58. The number of hydrogen-bond donors (Lipinski definition) is 3. The average Bonchev–Trinajstić information content (AvgIpc) is 3.22. The molecule has 3 rings (SSSR count). The van der Waals surface area contributed by atoms with Crippen LogP contribution in [0.4, 0.5) is 11.4 Å². The van der Waals surface area contributed by atoms with E-state index >= 15 is 0 Å². The fourth-order valence-corrected chi connectivity index (χ4v) is 3.42. The zero-order valence-electron chi connectivity index (χ0n) is 21.0. The number of ether oxygens (including phenoxy) is 1. The van der Waals surface area contributed by atoms with Crippen LogP contribution in [0.3, 0.4) is 0 Å². The Morgan fingerprint density at radius 2 is 1.76 bits per heavy atom. The Balaban J connectivity index is 1.87. The third kappa shape index (κ3) is 6.15. The highest BCUT2D eigenvalue weighted by Gasteiger charge is 2.18. The van der Waals surface area contributed by atoms with Crippen molar-refractivity contribution >= 4 is 17.3 Å². The summed E-state index contributed by atoms with van der Waals surface area (Å²) in [5.41, 5.74) is 6.29. The first-order chi connectivity index (χ1) is 15.4. The van der Waals surface area contributed by atoms with Crippen LogP contribution in [-0.2, 0) is 5.41 Å². The highest BCUT2D eigenvalue weighted by atomic mass is 16.5. The van der Waals surface area contributed by atoms with E-state index in [-0.39, 0.29) is 16.7 Å². The van der Waals surface area contributed by atoms with Crippen molar-refractivity contribution in [2.75, 3.05) is 19.0 Å². The lowest BCUT2D eigenvalue weighted by molar-refractivity contribution is 0.0934. The topological polar surface area (TPSA) is 79.0 Å². The molecule has 0 saturated heterocycles. The predicted octanol–water partition coefficient (Wildman–Crippen LogP) is 6.21. The molecular weight excluding hydrogens is 412 g/mol. The molecule has 0 spiro atoms. The Bertz CT molecular complexity index is 1130. The molecule has 2 aromatic carbocycles. The van der Waals surface area contributed by atoms with Crippen LogP contribution < -0.4 is 15.4 Å². The number of nitrogens with one attached hydrogen (secondary N) is 3. The van der Waals surface area contributed by atoms with Gasteiger partial charge in [-0.3, -0.25) is 9.89 Å². The van der Waals surface area contributed by atoms with Crippen LogP contribution in [0, 0.1) is 12.3 Å². The number of carbonyl (C=O) groups is 1. The largest absolute Gasteiger partial charge is 0.495 e. The van der Waals surface area contributed by atoms with Crippen LogP contribution in [0.1, 0.15) is 63.2 Å². The molecule has 0 unspecified atom stereocenters. The smallest absolute Gasteiger partial charge is 0.269 e. The molecule has 0 aliphatic carbocycles. The Kier molecular flexibility index (Phi) is 6.86. The minimum Gasteiger partial charge on any atom is -0.495 e. The molecule has 0 atom stereocenters. The monoisotopic (exact) mass is 448 g/mol. The average molecular weight is 449 g/mol. The Hall–Kier alpha value is -3.28. The van der Waals surface area contributed by atoms with Gasteiger partial charge in [-0.1, -0.05) is 53.7 Å². The van der Waals surface area contributed by atoms with Crippen molar-refractivity contribution in [2.24, 2.45) is 5.41 Å². The van der Waals surface area contributed by atoms with Gasteiger partial charge in [-0.2, -0.15) is 5.10 Å². The number of hydrogen-bond acceptors (Lipinski definition) is 4. The molecule has 176 valence electrons.